The first-order valence-corrected chi connectivity index (χ1v) is 14.3. The van der Waals surface area contributed by atoms with Gasteiger partial charge in [-0.1, -0.05) is 80.6 Å². The van der Waals surface area contributed by atoms with Crippen molar-refractivity contribution in [1.82, 2.24) is 10.6 Å². The molecule has 0 saturated heterocycles. The number of amides is 1. The zero-order chi connectivity index (χ0) is 28.8. The van der Waals surface area contributed by atoms with Crippen LogP contribution in [0.4, 0.5) is 4.79 Å². The molecule has 214 valence electrons. The van der Waals surface area contributed by atoms with Crippen molar-refractivity contribution in [2.75, 3.05) is 6.54 Å². The van der Waals surface area contributed by atoms with E-state index in [-0.39, 0.29) is 5.54 Å². The minimum absolute atomic E-state index is 0.131. The van der Waals surface area contributed by atoms with Crippen molar-refractivity contribution in [1.29, 1.82) is 0 Å². The molecule has 3 aromatic carbocycles. The fraction of sp³-hybridized carbons (Fsp3) is 0.441. The molecule has 0 bridgehead atoms. The lowest BCUT2D eigenvalue weighted by Gasteiger charge is -2.29. The van der Waals surface area contributed by atoms with Gasteiger partial charge in [0.15, 0.2) is 0 Å². The van der Waals surface area contributed by atoms with E-state index in [0.29, 0.717) is 25.5 Å². The Kier molecular flexibility index (Phi) is 9.54. The molecule has 1 aliphatic rings. The summed E-state index contributed by atoms with van der Waals surface area (Å²) in [5, 5.41) is 17.9. The van der Waals surface area contributed by atoms with Crippen LogP contribution in [0.15, 0.2) is 78.9 Å². The van der Waals surface area contributed by atoms with Crippen molar-refractivity contribution in [2.45, 2.75) is 89.7 Å². The SMILES string of the molecule is CC(C)c1cccc(C2(NC[C@@H](O)[C@H](Cc3cccc(OCc4ccccc4)c3)NC(=O)OC(C)(C)C)CC2)c1. The van der Waals surface area contributed by atoms with Crippen molar-refractivity contribution in [3.8, 4) is 5.75 Å². The Hall–Kier alpha value is -3.35. The highest BCUT2D eigenvalue weighted by Crippen LogP contribution is 2.46. The van der Waals surface area contributed by atoms with Crippen LogP contribution < -0.4 is 15.4 Å². The van der Waals surface area contributed by atoms with Crippen LogP contribution in [0.2, 0.25) is 0 Å². The summed E-state index contributed by atoms with van der Waals surface area (Å²) in [6.07, 6.45) is 1.10. The third-order valence-corrected chi connectivity index (χ3v) is 7.27. The number of aliphatic hydroxyl groups excluding tert-OH is 1. The van der Waals surface area contributed by atoms with Gasteiger partial charge in [-0.05, 0) is 80.3 Å². The molecule has 2 atom stereocenters. The van der Waals surface area contributed by atoms with Crippen LogP contribution in [0.25, 0.3) is 0 Å². The molecule has 0 unspecified atom stereocenters. The average Bonchev–Trinajstić information content (AvgIpc) is 3.71. The van der Waals surface area contributed by atoms with Crippen molar-refractivity contribution in [3.63, 3.8) is 0 Å². The molecule has 1 aliphatic carbocycles. The highest BCUT2D eigenvalue weighted by Gasteiger charge is 2.44. The van der Waals surface area contributed by atoms with Crippen LogP contribution in [0.1, 0.15) is 75.6 Å². The molecule has 0 spiro atoms. The number of nitrogens with one attached hydrogen (secondary N) is 2. The van der Waals surface area contributed by atoms with Gasteiger partial charge in [-0.25, -0.2) is 4.79 Å². The van der Waals surface area contributed by atoms with Gasteiger partial charge in [0.05, 0.1) is 12.1 Å². The Morgan fingerprint density at radius 3 is 2.33 bits per heavy atom. The first-order chi connectivity index (χ1) is 19.0. The molecule has 0 aliphatic heterocycles. The van der Waals surface area contributed by atoms with E-state index >= 15 is 0 Å². The summed E-state index contributed by atoms with van der Waals surface area (Å²) >= 11 is 0. The normalized spacial score (nSPS) is 15.8. The zero-order valence-corrected chi connectivity index (χ0v) is 24.4. The molecule has 0 aromatic heterocycles. The van der Waals surface area contributed by atoms with Gasteiger partial charge in [-0.15, -0.1) is 0 Å². The number of benzene rings is 3. The minimum Gasteiger partial charge on any atom is -0.489 e. The maximum Gasteiger partial charge on any atom is 0.407 e. The Bertz CT molecular complexity index is 1250. The lowest BCUT2D eigenvalue weighted by atomic mass is 9.96. The molecular weight excluding hydrogens is 500 g/mol. The Labute approximate surface area is 239 Å². The van der Waals surface area contributed by atoms with E-state index in [1.165, 1.54) is 11.1 Å². The number of aliphatic hydroxyl groups is 1. The quantitative estimate of drug-likeness (QED) is 0.244. The second kappa shape index (κ2) is 12.9. The molecule has 1 amide bonds. The predicted molar refractivity (Wildman–Crippen MR) is 160 cm³/mol. The molecule has 40 heavy (non-hydrogen) atoms. The van der Waals surface area contributed by atoms with E-state index < -0.39 is 23.8 Å². The number of alkyl carbamates (subject to hydrolysis) is 1. The van der Waals surface area contributed by atoms with Crippen LogP contribution in [-0.2, 0) is 23.3 Å². The monoisotopic (exact) mass is 544 g/mol. The Balaban J connectivity index is 1.44. The van der Waals surface area contributed by atoms with Crippen LogP contribution in [-0.4, -0.2) is 35.5 Å². The molecule has 6 nitrogen and oxygen atoms in total. The first kappa shape index (κ1) is 29.6. The van der Waals surface area contributed by atoms with Crippen LogP contribution in [0, 0.1) is 0 Å². The molecule has 4 rings (SSSR count). The van der Waals surface area contributed by atoms with E-state index in [9.17, 15) is 9.90 Å². The van der Waals surface area contributed by atoms with Gasteiger partial charge in [0.25, 0.3) is 0 Å². The predicted octanol–water partition coefficient (Wildman–Crippen LogP) is 6.46. The summed E-state index contributed by atoms with van der Waals surface area (Å²) < 4.78 is 11.5. The molecule has 1 saturated carbocycles. The van der Waals surface area contributed by atoms with E-state index in [4.69, 9.17) is 9.47 Å². The van der Waals surface area contributed by atoms with Gasteiger partial charge < -0.3 is 25.2 Å². The fourth-order valence-corrected chi connectivity index (χ4v) is 4.83. The molecule has 3 aromatic rings. The summed E-state index contributed by atoms with van der Waals surface area (Å²) in [4.78, 5) is 12.7. The van der Waals surface area contributed by atoms with Crippen LogP contribution in [0.3, 0.4) is 0 Å². The molecule has 0 heterocycles. The second-order valence-electron chi connectivity index (χ2n) is 12.2. The number of carbonyl (C=O) groups is 1. The van der Waals surface area contributed by atoms with Gasteiger partial charge in [-0.3, -0.25) is 0 Å². The maximum absolute atomic E-state index is 12.7. The van der Waals surface area contributed by atoms with Crippen molar-refractivity contribution < 1.29 is 19.4 Å². The molecular formula is C34H44N2O4. The van der Waals surface area contributed by atoms with Crippen molar-refractivity contribution in [2.24, 2.45) is 0 Å². The Morgan fingerprint density at radius 2 is 1.65 bits per heavy atom. The number of hydrogen-bond donors (Lipinski definition) is 3. The van der Waals surface area contributed by atoms with E-state index in [2.05, 4.69) is 48.7 Å². The average molecular weight is 545 g/mol. The van der Waals surface area contributed by atoms with Crippen molar-refractivity contribution >= 4 is 6.09 Å². The number of hydrogen-bond acceptors (Lipinski definition) is 5. The molecule has 6 heteroatoms. The third kappa shape index (κ3) is 8.57. The number of ether oxygens (including phenoxy) is 2. The lowest BCUT2D eigenvalue weighted by Crippen LogP contribution is -2.51. The van der Waals surface area contributed by atoms with Gasteiger partial charge in [0.1, 0.15) is 18.0 Å². The van der Waals surface area contributed by atoms with E-state index in [1.54, 1.807) is 0 Å². The van der Waals surface area contributed by atoms with E-state index in [1.807, 2.05) is 75.4 Å². The van der Waals surface area contributed by atoms with Crippen LogP contribution in [0.5, 0.6) is 5.75 Å². The first-order valence-electron chi connectivity index (χ1n) is 14.3. The Morgan fingerprint density at radius 1 is 0.950 bits per heavy atom. The molecule has 3 N–H and O–H groups in total. The molecule has 0 radical (unpaired) electrons. The standard InChI is InChI=1S/C34H44N2O4/c1-24(2)27-14-10-15-28(21-27)34(17-18-34)35-22-31(37)30(36-32(38)40-33(3,4)5)20-26-13-9-16-29(19-26)39-23-25-11-7-6-8-12-25/h6-16,19,21,24,30-31,35,37H,17-18,20,22-23H2,1-5H3,(H,36,38)/t30-,31+/m0/s1. The summed E-state index contributed by atoms with van der Waals surface area (Å²) in [5.41, 5.74) is 3.84. The minimum atomic E-state index is -0.827. The second-order valence-corrected chi connectivity index (χ2v) is 12.2. The zero-order valence-electron chi connectivity index (χ0n) is 24.4. The topological polar surface area (TPSA) is 79.8 Å². The number of carbonyl (C=O) groups excluding carboxylic acids is 1. The summed E-state index contributed by atoms with van der Waals surface area (Å²) in [6.45, 7) is 10.7. The van der Waals surface area contributed by atoms with Gasteiger partial charge in [0.2, 0.25) is 0 Å². The highest BCUT2D eigenvalue weighted by molar-refractivity contribution is 5.68. The van der Waals surface area contributed by atoms with Crippen LogP contribution >= 0.6 is 0 Å². The molecule has 1 fully saturated rings. The smallest absolute Gasteiger partial charge is 0.407 e. The third-order valence-electron chi connectivity index (χ3n) is 7.27. The summed E-state index contributed by atoms with van der Waals surface area (Å²) in [7, 11) is 0. The van der Waals surface area contributed by atoms with Crippen molar-refractivity contribution in [3.05, 3.63) is 101 Å². The lowest BCUT2D eigenvalue weighted by molar-refractivity contribution is 0.0419. The summed E-state index contributed by atoms with van der Waals surface area (Å²) in [5.74, 6) is 1.20. The van der Waals surface area contributed by atoms with E-state index in [0.717, 1.165) is 29.7 Å². The summed E-state index contributed by atoms with van der Waals surface area (Å²) in [6, 6.07) is 26.0. The van der Waals surface area contributed by atoms with Gasteiger partial charge >= 0.3 is 6.09 Å². The highest BCUT2D eigenvalue weighted by atomic mass is 16.6. The van der Waals surface area contributed by atoms with Gasteiger partial charge in [0, 0.05) is 12.1 Å². The van der Waals surface area contributed by atoms with Gasteiger partial charge in [-0.2, -0.15) is 0 Å². The largest absolute Gasteiger partial charge is 0.489 e. The number of rotatable bonds is 12. The fourth-order valence-electron chi connectivity index (χ4n) is 4.83. The maximum atomic E-state index is 12.7.